The van der Waals surface area contributed by atoms with E-state index in [1.54, 1.807) is 6.07 Å². The van der Waals surface area contributed by atoms with Crippen LogP contribution >= 0.6 is 0 Å². The Kier molecular flexibility index (Phi) is 3.54. The van der Waals surface area contributed by atoms with Gasteiger partial charge in [-0.3, -0.25) is 9.59 Å². The lowest BCUT2D eigenvalue weighted by atomic mass is 9.99. The molecule has 90 valence electrons. The highest BCUT2D eigenvalue weighted by Gasteiger charge is 2.16. The number of anilines is 1. The molecule has 4 heteroatoms. The van der Waals surface area contributed by atoms with Crippen LogP contribution in [0.2, 0.25) is 0 Å². The fourth-order valence-corrected chi connectivity index (χ4v) is 1.90. The maximum atomic E-state index is 11.8. The molecule has 1 aromatic carbocycles. The highest BCUT2D eigenvalue weighted by atomic mass is 16.1. The Hall–Kier alpha value is -1.68. The average Bonchev–Trinajstić information content (AvgIpc) is 2.35. The lowest BCUT2D eigenvalue weighted by molar-refractivity contribution is -0.116. The Balaban J connectivity index is 2.16. The fraction of sp³-hybridized carbons (Fsp3) is 0.385. The first kappa shape index (κ1) is 11.8. The van der Waals surface area contributed by atoms with Gasteiger partial charge in [0, 0.05) is 17.7 Å². The highest BCUT2D eigenvalue weighted by Crippen LogP contribution is 2.23. The predicted octanol–water partition coefficient (Wildman–Crippen LogP) is 1.36. The van der Waals surface area contributed by atoms with E-state index in [0.29, 0.717) is 24.9 Å². The summed E-state index contributed by atoms with van der Waals surface area (Å²) in [4.78, 5) is 23.0. The van der Waals surface area contributed by atoms with E-state index in [2.05, 4.69) is 10.6 Å². The van der Waals surface area contributed by atoms with E-state index in [1.807, 2.05) is 19.1 Å². The van der Waals surface area contributed by atoms with Gasteiger partial charge in [0.15, 0.2) is 5.78 Å². The van der Waals surface area contributed by atoms with Gasteiger partial charge in [-0.05, 0) is 36.7 Å². The van der Waals surface area contributed by atoms with Crippen molar-refractivity contribution in [2.45, 2.75) is 19.8 Å². The zero-order valence-corrected chi connectivity index (χ0v) is 9.88. The van der Waals surface area contributed by atoms with Gasteiger partial charge in [0.2, 0.25) is 5.91 Å². The number of hydrogen-bond donors (Lipinski definition) is 2. The van der Waals surface area contributed by atoms with Gasteiger partial charge in [-0.1, -0.05) is 6.92 Å². The van der Waals surface area contributed by atoms with E-state index in [4.69, 9.17) is 0 Å². The molecule has 0 unspecified atom stereocenters. The quantitative estimate of drug-likeness (QED) is 0.771. The largest absolute Gasteiger partial charge is 0.326 e. The molecule has 0 aromatic heterocycles. The number of aryl methyl sites for hydroxylation is 1. The van der Waals surface area contributed by atoms with Crippen molar-refractivity contribution in [3.05, 3.63) is 29.3 Å². The summed E-state index contributed by atoms with van der Waals surface area (Å²) < 4.78 is 0. The summed E-state index contributed by atoms with van der Waals surface area (Å²) in [6.45, 7) is 3.12. The van der Waals surface area contributed by atoms with E-state index in [9.17, 15) is 9.59 Å². The zero-order valence-electron chi connectivity index (χ0n) is 9.88. The summed E-state index contributed by atoms with van der Waals surface area (Å²) in [6.07, 6.45) is 1.21. The smallest absolute Gasteiger partial charge is 0.224 e. The van der Waals surface area contributed by atoms with Crippen LogP contribution in [0, 0.1) is 0 Å². The van der Waals surface area contributed by atoms with Gasteiger partial charge in [0.1, 0.15) is 0 Å². The van der Waals surface area contributed by atoms with Gasteiger partial charge in [0.05, 0.1) is 6.54 Å². The van der Waals surface area contributed by atoms with Crippen LogP contribution in [-0.4, -0.2) is 24.8 Å². The fourth-order valence-electron chi connectivity index (χ4n) is 1.90. The molecule has 0 aliphatic carbocycles. The van der Waals surface area contributed by atoms with Crippen LogP contribution in [0.3, 0.4) is 0 Å². The third-order valence-corrected chi connectivity index (χ3v) is 2.86. The number of carbonyl (C=O) groups is 2. The van der Waals surface area contributed by atoms with E-state index >= 15 is 0 Å². The summed E-state index contributed by atoms with van der Waals surface area (Å²) in [5.41, 5.74) is 2.59. The number of fused-ring (bicyclic) bond motifs is 1. The Morgan fingerprint density at radius 3 is 3.00 bits per heavy atom. The first-order valence-corrected chi connectivity index (χ1v) is 5.87. The van der Waals surface area contributed by atoms with Crippen molar-refractivity contribution >= 4 is 17.4 Å². The van der Waals surface area contributed by atoms with Crippen molar-refractivity contribution in [2.75, 3.05) is 18.4 Å². The molecule has 2 N–H and O–H groups in total. The Labute approximate surface area is 100 Å². The third-order valence-electron chi connectivity index (χ3n) is 2.86. The molecule has 1 amide bonds. The van der Waals surface area contributed by atoms with Crippen molar-refractivity contribution in [1.29, 1.82) is 0 Å². The summed E-state index contributed by atoms with van der Waals surface area (Å²) in [5, 5.41) is 5.82. The average molecular weight is 232 g/mol. The zero-order chi connectivity index (χ0) is 12.3. The van der Waals surface area contributed by atoms with Crippen LogP contribution in [-0.2, 0) is 11.2 Å². The number of amides is 1. The Morgan fingerprint density at radius 2 is 2.24 bits per heavy atom. The number of hydrogen-bond acceptors (Lipinski definition) is 3. The second-order valence-electron chi connectivity index (χ2n) is 4.12. The molecule has 0 bridgehead atoms. The number of Topliss-reactive ketones (excluding diaryl/α,β-unsaturated/α-hetero) is 1. The molecule has 0 fully saturated rings. The van der Waals surface area contributed by atoms with Crippen LogP contribution in [0.5, 0.6) is 0 Å². The SMILES string of the molecule is CCNCC(=O)c1ccc2c(c1)CCC(=O)N2. The lowest BCUT2D eigenvalue weighted by Gasteiger charge is -2.17. The molecule has 17 heavy (non-hydrogen) atoms. The standard InChI is InChI=1S/C13H16N2O2/c1-2-14-8-12(16)10-3-5-11-9(7-10)4-6-13(17)15-11/h3,5,7,14H,2,4,6,8H2,1H3,(H,15,17). The first-order chi connectivity index (χ1) is 8.20. The molecule has 0 spiro atoms. The van der Waals surface area contributed by atoms with Gasteiger partial charge in [-0.25, -0.2) is 0 Å². The minimum absolute atomic E-state index is 0.0456. The van der Waals surface area contributed by atoms with Gasteiger partial charge in [-0.2, -0.15) is 0 Å². The van der Waals surface area contributed by atoms with Gasteiger partial charge in [0.25, 0.3) is 0 Å². The predicted molar refractivity (Wildman–Crippen MR) is 66.3 cm³/mol. The maximum Gasteiger partial charge on any atom is 0.224 e. The van der Waals surface area contributed by atoms with Crippen molar-refractivity contribution in [3.63, 3.8) is 0 Å². The minimum atomic E-state index is 0.0456. The molecule has 0 atom stereocenters. The monoisotopic (exact) mass is 232 g/mol. The van der Waals surface area contributed by atoms with E-state index in [1.165, 1.54) is 0 Å². The molecular weight excluding hydrogens is 216 g/mol. The van der Waals surface area contributed by atoms with Crippen molar-refractivity contribution in [3.8, 4) is 0 Å². The molecule has 2 rings (SSSR count). The second kappa shape index (κ2) is 5.10. The molecule has 0 radical (unpaired) electrons. The van der Waals surface area contributed by atoms with Crippen molar-refractivity contribution in [2.24, 2.45) is 0 Å². The van der Waals surface area contributed by atoms with Crippen LogP contribution in [0.25, 0.3) is 0 Å². The van der Waals surface area contributed by atoms with Crippen LogP contribution in [0.15, 0.2) is 18.2 Å². The molecule has 0 saturated heterocycles. The van der Waals surface area contributed by atoms with Gasteiger partial charge < -0.3 is 10.6 Å². The minimum Gasteiger partial charge on any atom is -0.326 e. The molecule has 1 heterocycles. The third kappa shape index (κ3) is 2.71. The van der Waals surface area contributed by atoms with Gasteiger partial charge in [-0.15, -0.1) is 0 Å². The van der Waals surface area contributed by atoms with Crippen LogP contribution < -0.4 is 10.6 Å². The number of nitrogens with one attached hydrogen (secondary N) is 2. The van der Waals surface area contributed by atoms with E-state index < -0.39 is 0 Å². The summed E-state index contributed by atoms with van der Waals surface area (Å²) in [5.74, 6) is 0.135. The molecule has 0 saturated carbocycles. The first-order valence-electron chi connectivity index (χ1n) is 5.87. The Bertz CT molecular complexity index is 455. The van der Waals surface area contributed by atoms with E-state index in [0.717, 1.165) is 17.8 Å². The van der Waals surface area contributed by atoms with Crippen LogP contribution in [0.1, 0.15) is 29.3 Å². The second-order valence-corrected chi connectivity index (χ2v) is 4.12. The number of benzene rings is 1. The summed E-state index contributed by atoms with van der Waals surface area (Å²) in [6, 6.07) is 5.46. The topological polar surface area (TPSA) is 58.2 Å². The normalized spacial score (nSPS) is 14.1. The lowest BCUT2D eigenvalue weighted by Crippen LogP contribution is -2.23. The molecular formula is C13H16N2O2. The van der Waals surface area contributed by atoms with E-state index in [-0.39, 0.29) is 11.7 Å². The molecule has 1 aliphatic rings. The molecule has 1 aliphatic heterocycles. The summed E-state index contributed by atoms with van der Waals surface area (Å²) in [7, 11) is 0. The maximum absolute atomic E-state index is 11.8. The van der Waals surface area contributed by atoms with Crippen molar-refractivity contribution < 1.29 is 9.59 Å². The highest BCUT2D eigenvalue weighted by molar-refractivity contribution is 6.00. The molecule has 1 aromatic rings. The summed E-state index contributed by atoms with van der Waals surface area (Å²) >= 11 is 0. The number of rotatable bonds is 4. The Morgan fingerprint density at radius 1 is 1.41 bits per heavy atom. The number of likely N-dealkylation sites (N-methyl/N-ethyl adjacent to an activating group) is 1. The van der Waals surface area contributed by atoms with Crippen LogP contribution in [0.4, 0.5) is 5.69 Å². The number of ketones is 1. The van der Waals surface area contributed by atoms with Gasteiger partial charge >= 0.3 is 0 Å². The number of carbonyl (C=O) groups excluding carboxylic acids is 2. The van der Waals surface area contributed by atoms with Crippen molar-refractivity contribution in [1.82, 2.24) is 5.32 Å². The molecule has 4 nitrogen and oxygen atoms in total.